The summed E-state index contributed by atoms with van der Waals surface area (Å²) in [7, 11) is 0. The molecule has 0 bridgehead atoms. The first kappa shape index (κ1) is 25.8. The molecule has 0 saturated carbocycles. The molecule has 0 aliphatic carbocycles. The fraction of sp³-hybridized carbons (Fsp3) is 0.286. The second-order valence-electron chi connectivity index (χ2n) is 9.93. The summed E-state index contributed by atoms with van der Waals surface area (Å²) in [6, 6.07) is 13.3. The van der Waals surface area contributed by atoms with Crippen LogP contribution in [0.5, 0.6) is 11.6 Å². The zero-order valence-electron chi connectivity index (χ0n) is 21.4. The number of hydrogen-bond donors (Lipinski definition) is 1. The Morgan fingerprint density at radius 2 is 1.93 bits per heavy atom. The first-order valence-electron chi connectivity index (χ1n) is 12.8. The van der Waals surface area contributed by atoms with Gasteiger partial charge in [0.15, 0.2) is 0 Å². The van der Waals surface area contributed by atoms with Crippen LogP contribution in [0.3, 0.4) is 0 Å². The third-order valence-electron chi connectivity index (χ3n) is 7.34. The number of hydrogen-bond acceptors (Lipinski definition) is 6. The number of alkyl halides is 3. The maximum atomic E-state index is 13.0. The smallest absolute Gasteiger partial charge is 0.416 e. The average molecular weight is 551 g/mol. The van der Waals surface area contributed by atoms with Crippen LogP contribution in [0.25, 0.3) is 10.9 Å². The van der Waals surface area contributed by atoms with Gasteiger partial charge < -0.3 is 15.0 Å². The summed E-state index contributed by atoms with van der Waals surface area (Å²) < 4.78 is 46.3. The quantitative estimate of drug-likeness (QED) is 0.347. The third-order valence-corrected chi connectivity index (χ3v) is 7.34. The van der Waals surface area contributed by atoms with Gasteiger partial charge in [0.25, 0.3) is 0 Å². The van der Waals surface area contributed by atoms with Crippen molar-refractivity contribution in [2.45, 2.75) is 38.1 Å². The monoisotopic (exact) mass is 550 g/mol. The highest BCUT2D eigenvalue weighted by Gasteiger charge is 2.50. The minimum Gasteiger partial charge on any atom is -0.439 e. The van der Waals surface area contributed by atoms with Crippen molar-refractivity contribution in [3.8, 4) is 11.6 Å². The number of carbonyl (C=O) groups is 2. The number of ether oxygens (including phenoxy) is 1. The first-order chi connectivity index (χ1) is 19.2. The number of fused-ring (bicyclic) bond motifs is 2. The molecule has 2 amide bonds. The van der Waals surface area contributed by atoms with Gasteiger partial charge in [0.1, 0.15) is 12.1 Å². The lowest BCUT2D eigenvalue weighted by Crippen LogP contribution is -2.37. The molecule has 12 heteroatoms. The standard InChI is InChI=1S/C28H25F3N6O3/c1-17(38)35-9-8-24-25(15-35)37(24)14-21-13-26(33-16-32-21)40-22-5-6-23-18(11-22)7-10-36(23)27(39)34-20-4-2-3-19(12-20)28(29,30)31/h2-7,10-13,16,24-25H,8-9,14-15H2,1H3,(H,34,39)/t24?,25-,37?/m1/s1. The van der Waals surface area contributed by atoms with Crippen LogP contribution in [0.4, 0.5) is 23.7 Å². The van der Waals surface area contributed by atoms with E-state index in [0.717, 1.165) is 37.3 Å². The lowest BCUT2D eigenvalue weighted by atomic mass is 10.1. The van der Waals surface area contributed by atoms with Gasteiger partial charge in [-0.1, -0.05) is 6.07 Å². The Balaban J connectivity index is 1.12. The van der Waals surface area contributed by atoms with Crippen LogP contribution in [0, 0.1) is 0 Å². The van der Waals surface area contributed by atoms with Crippen molar-refractivity contribution in [3.63, 3.8) is 0 Å². The Morgan fingerprint density at radius 1 is 1.07 bits per heavy atom. The molecule has 9 nitrogen and oxygen atoms in total. The lowest BCUT2D eigenvalue weighted by Gasteiger charge is -2.23. The number of aromatic nitrogens is 3. The molecule has 2 aliphatic rings. The van der Waals surface area contributed by atoms with E-state index in [-0.39, 0.29) is 11.6 Å². The Morgan fingerprint density at radius 3 is 2.73 bits per heavy atom. The van der Waals surface area contributed by atoms with E-state index in [4.69, 9.17) is 4.74 Å². The number of rotatable bonds is 5. The van der Waals surface area contributed by atoms with E-state index in [2.05, 4.69) is 20.2 Å². The molecule has 3 atom stereocenters. The van der Waals surface area contributed by atoms with Gasteiger partial charge in [-0.05, 0) is 48.9 Å². The van der Waals surface area contributed by atoms with E-state index in [0.29, 0.717) is 41.2 Å². The van der Waals surface area contributed by atoms with E-state index in [9.17, 15) is 22.8 Å². The van der Waals surface area contributed by atoms with Crippen LogP contribution >= 0.6 is 0 Å². The van der Waals surface area contributed by atoms with Gasteiger partial charge in [0.2, 0.25) is 11.8 Å². The van der Waals surface area contributed by atoms with Crippen molar-refractivity contribution in [1.29, 1.82) is 0 Å². The van der Waals surface area contributed by atoms with Crippen LogP contribution < -0.4 is 10.1 Å². The second-order valence-corrected chi connectivity index (χ2v) is 9.93. The van der Waals surface area contributed by atoms with Crippen molar-refractivity contribution >= 4 is 28.5 Å². The zero-order chi connectivity index (χ0) is 28.0. The normalized spacial score (nSPS) is 20.2. The summed E-state index contributed by atoms with van der Waals surface area (Å²) in [4.78, 5) is 37.3. The van der Waals surface area contributed by atoms with Crippen molar-refractivity contribution in [2.24, 2.45) is 0 Å². The molecule has 6 rings (SSSR count). The number of halogens is 3. The topological polar surface area (TPSA) is 92.4 Å². The van der Waals surface area contributed by atoms with Crippen LogP contribution in [0.15, 0.2) is 67.1 Å². The maximum absolute atomic E-state index is 13.0. The predicted molar refractivity (Wildman–Crippen MR) is 140 cm³/mol. The molecule has 2 saturated heterocycles. The van der Waals surface area contributed by atoms with E-state index in [1.807, 2.05) is 4.90 Å². The van der Waals surface area contributed by atoms with Crippen LogP contribution in [0.2, 0.25) is 0 Å². The molecule has 206 valence electrons. The molecule has 2 aliphatic heterocycles. The minimum absolute atomic E-state index is 0.0409. The maximum Gasteiger partial charge on any atom is 0.416 e. The number of nitrogens with one attached hydrogen (secondary N) is 1. The van der Waals surface area contributed by atoms with Gasteiger partial charge in [-0.2, -0.15) is 13.2 Å². The van der Waals surface area contributed by atoms with Crippen LogP contribution in [-0.2, 0) is 17.5 Å². The SMILES string of the molecule is CC(=O)N1CCC2[C@@H](C1)N2Cc1cc(Oc2ccc3c(ccn3C(=O)Nc3cccc(C(F)(F)F)c3)c2)ncn1. The van der Waals surface area contributed by atoms with Crippen molar-refractivity contribution in [1.82, 2.24) is 24.3 Å². The summed E-state index contributed by atoms with van der Waals surface area (Å²) in [6.07, 6.45) is -0.562. The van der Waals surface area contributed by atoms with Crippen LogP contribution in [-0.4, -0.2) is 61.4 Å². The summed E-state index contributed by atoms with van der Waals surface area (Å²) in [5, 5.41) is 3.21. The summed E-state index contributed by atoms with van der Waals surface area (Å²) in [5.74, 6) is 0.985. The average Bonchev–Trinajstić information content (AvgIpc) is 3.42. The molecule has 2 unspecified atom stereocenters. The number of carbonyl (C=O) groups excluding carboxylic acids is 2. The number of nitrogens with zero attached hydrogens (tertiary/aromatic N) is 5. The van der Waals surface area contributed by atoms with E-state index in [1.165, 1.54) is 29.2 Å². The fourth-order valence-corrected chi connectivity index (χ4v) is 5.25. The van der Waals surface area contributed by atoms with Gasteiger partial charge in [-0.3, -0.25) is 14.3 Å². The number of benzene rings is 2. The molecule has 1 N–H and O–H groups in total. The largest absolute Gasteiger partial charge is 0.439 e. The molecule has 2 aromatic carbocycles. The van der Waals surface area contributed by atoms with E-state index >= 15 is 0 Å². The first-order valence-corrected chi connectivity index (χ1v) is 12.8. The number of piperidine rings is 1. The molecule has 0 radical (unpaired) electrons. The molecule has 4 heterocycles. The van der Waals surface area contributed by atoms with Crippen molar-refractivity contribution in [2.75, 3.05) is 18.4 Å². The lowest BCUT2D eigenvalue weighted by molar-refractivity contribution is -0.137. The number of anilines is 1. The van der Waals surface area contributed by atoms with Crippen molar-refractivity contribution in [3.05, 3.63) is 78.4 Å². The van der Waals surface area contributed by atoms with Gasteiger partial charge in [0, 0.05) is 62.0 Å². The van der Waals surface area contributed by atoms with E-state index < -0.39 is 17.8 Å². The highest BCUT2D eigenvalue weighted by Crippen LogP contribution is 2.37. The minimum atomic E-state index is -4.51. The molecule has 0 spiro atoms. The number of likely N-dealkylation sites (tertiary alicyclic amines) is 1. The van der Waals surface area contributed by atoms with Gasteiger partial charge in [-0.25, -0.2) is 14.8 Å². The third kappa shape index (κ3) is 5.22. The highest BCUT2D eigenvalue weighted by atomic mass is 19.4. The zero-order valence-corrected chi connectivity index (χ0v) is 21.4. The van der Waals surface area contributed by atoms with Gasteiger partial charge in [-0.15, -0.1) is 0 Å². The van der Waals surface area contributed by atoms with Gasteiger partial charge in [0.05, 0.1) is 16.8 Å². The fourth-order valence-electron chi connectivity index (χ4n) is 5.25. The Kier molecular flexibility index (Phi) is 6.41. The Bertz CT molecular complexity index is 1600. The van der Waals surface area contributed by atoms with E-state index in [1.54, 1.807) is 37.3 Å². The summed E-state index contributed by atoms with van der Waals surface area (Å²) in [6.45, 7) is 3.76. The molecular formula is C28H25F3N6O3. The Labute approximate surface area is 227 Å². The van der Waals surface area contributed by atoms with Gasteiger partial charge >= 0.3 is 12.2 Å². The molecule has 2 aromatic heterocycles. The molecular weight excluding hydrogens is 525 g/mol. The van der Waals surface area contributed by atoms with Crippen LogP contribution in [0.1, 0.15) is 24.6 Å². The summed E-state index contributed by atoms with van der Waals surface area (Å²) in [5.41, 5.74) is 0.569. The Hall–Kier alpha value is -4.45. The van der Waals surface area contributed by atoms with Crippen molar-refractivity contribution < 1.29 is 27.5 Å². The summed E-state index contributed by atoms with van der Waals surface area (Å²) >= 11 is 0. The molecule has 40 heavy (non-hydrogen) atoms. The number of amides is 2. The highest BCUT2D eigenvalue weighted by molar-refractivity contribution is 5.98. The molecule has 2 fully saturated rings. The molecule has 4 aromatic rings. The predicted octanol–water partition coefficient (Wildman–Crippen LogP) is 5.13. The second kappa shape index (κ2) is 9.94.